The Bertz CT molecular complexity index is 871. The Kier molecular flexibility index (Phi) is 6.72. The van der Waals surface area contributed by atoms with Crippen molar-refractivity contribution in [3.8, 4) is 0 Å². The first-order valence-corrected chi connectivity index (χ1v) is 11.3. The zero-order valence-electron chi connectivity index (χ0n) is 17.1. The lowest BCUT2D eigenvalue weighted by atomic mass is 10.1. The molecule has 3 rings (SSSR count). The minimum Gasteiger partial charge on any atom is -0.383 e. The minimum absolute atomic E-state index is 0.0128. The van der Waals surface area contributed by atoms with Gasteiger partial charge in [0.25, 0.3) is 11.7 Å². The second-order valence-electron chi connectivity index (χ2n) is 7.45. The zero-order chi connectivity index (χ0) is 21.2. The van der Waals surface area contributed by atoms with E-state index in [1.807, 2.05) is 6.92 Å². The van der Waals surface area contributed by atoms with Gasteiger partial charge in [-0.15, -0.1) is 0 Å². The maximum atomic E-state index is 13.5. The molecule has 160 valence electrons. The molecule has 0 saturated carbocycles. The van der Waals surface area contributed by atoms with E-state index in [0.29, 0.717) is 25.1 Å². The lowest BCUT2D eigenvalue weighted by molar-refractivity contribution is -0.114. The van der Waals surface area contributed by atoms with Crippen LogP contribution >= 0.6 is 0 Å². The van der Waals surface area contributed by atoms with Crippen molar-refractivity contribution in [2.45, 2.75) is 49.6 Å². The SMILES string of the molecule is CCCCN1C(=O)C(=O)c2cc(S(=O)(=O)N3[C@@H](COC)CC[C@H]3COC)ccc21. The van der Waals surface area contributed by atoms with Crippen molar-refractivity contribution >= 4 is 27.4 Å². The molecule has 2 aliphatic heterocycles. The molecule has 2 aliphatic rings. The molecule has 1 aromatic carbocycles. The van der Waals surface area contributed by atoms with Crippen molar-refractivity contribution in [2.24, 2.45) is 0 Å². The Morgan fingerprint density at radius 3 is 2.24 bits per heavy atom. The minimum atomic E-state index is -3.89. The molecule has 0 aliphatic carbocycles. The molecular formula is C20H28N2O6S. The number of sulfonamides is 1. The number of benzene rings is 1. The number of ether oxygens (including phenoxy) is 2. The van der Waals surface area contributed by atoms with Crippen LogP contribution in [0.4, 0.5) is 5.69 Å². The molecule has 0 aromatic heterocycles. The van der Waals surface area contributed by atoms with Gasteiger partial charge in [0, 0.05) is 32.8 Å². The predicted octanol–water partition coefficient (Wildman–Crippen LogP) is 1.83. The van der Waals surface area contributed by atoms with Gasteiger partial charge < -0.3 is 14.4 Å². The number of hydrogen-bond donors (Lipinski definition) is 0. The van der Waals surface area contributed by atoms with Crippen molar-refractivity contribution in [3.63, 3.8) is 0 Å². The number of hydrogen-bond acceptors (Lipinski definition) is 6. The van der Waals surface area contributed by atoms with Crippen molar-refractivity contribution in [1.29, 1.82) is 0 Å². The predicted molar refractivity (Wildman–Crippen MR) is 108 cm³/mol. The van der Waals surface area contributed by atoms with E-state index >= 15 is 0 Å². The number of fused-ring (bicyclic) bond motifs is 1. The molecular weight excluding hydrogens is 396 g/mol. The quantitative estimate of drug-likeness (QED) is 0.562. The van der Waals surface area contributed by atoms with Crippen LogP contribution in [0.3, 0.4) is 0 Å². The first-order valence-electron chi connectivity index (χ1n) is 9.88. The third kappa shape index (κ3) is 3.96. The number of methoxy groups -OCH3 is 2. The number of anilines is 1. The van der Waals surface area contributed by atoms with Gasteiger partial charge in [-0.05, 0) is 37.5 Å². The van der Waals surface area contributed by atoms with Crippen LogP contribution in [0, 0.1) is 0 Å². The zero-order valence-corrected chi connectivity index (χ0v) is 17.9. The van der Waals surface area contributed by atoms with Crippen LogP contribution in [-0.4, -0.2) is 70.5 Å². The molecule has 1 aromatic rings. The van der Waals surface area contributed by atoms with Crippen LogP contribution in [0.25, 0.3) is 0 Å². The fourth-order valence-corrected chi connectivity index (χ4v) is 6.00. The summed E-state index contributed by atoms with van der Waals surface area (Å²) in [6, 6.07) is 3.79. The summed E-state index contributed by atoms with van der Waals surface area (Å²) in [5.41, 5.74) is 0.633. The van der Waals surface area contributed by atoms with E-state index in [4.69, 9.17) is 9.47 Å². The van der Waals surface area contributed by atoms with Gasteiger partial charge in [-0.25, -0.2) is 8.42 Å². The molecule has 1 saturated heterocycles. The summed E-state index contributed by atoms with van der Waals surface area (Å²) in [5.74, 6) is -1.25. The highest BCUT2D eigenvalue weighted by Gasteiger charge is 2.43. The normalized spacial score (nSPS) is 22.5. The lowest BCUT2D eigenvalue weighted by Gasteiger charge is -2.29. The molecule has 29 heavy (non-hydrogen) atoms. The van der Waals surface area contributed by atoms with Crippen molar-refractivity contribution in [3.05, 3.63) is 23.8 Å². The summed E-state index contributed by atoms with van der Waals surface area (Å²) < 4.78 is 38.8. The molecule has 9 heteroatoms. The van der Waals surface area contributed by atoms with Crippen LogP contribution in [0.2, 0.25) is 0 Å². The molecule has 0 spiro atoms. The standard InChI is InChI=1S/C20H28N2O6S/c1-4-5-10-21-18-9-8-16(11-17(18)19(23)20(21)24)29(25,26)22-14(12-27-2)6-7-15(22)13-28-3/h8-9,11,14-15H,4-7,10,12-13H2,1-3H3/t14-,15+. The van der Waals surface area contributed by atoms with E-state index < -0.39 is 21.7 Å². The van der Waals surface area contributed by atoms with E-state index in [1.54, 1.807) is 20.3 Å². The monoisotopic (exact) mass is 424 g/mol. The van der Waals surface area contributed by atoms with Gasteiger partial charge in [0.1, 0.15) is 0 Å². The van der Waals surface area contributed by atoms with Gasteiger partial charge in [-0.2, -0.15) is 4.31 Å². The van der Waals surface area contributed by atoms with Gasteiger partial charge in [0.15, 0.2) is 0 Å². The number of ketones is 1. The average Bonchev–Trinajstić information content (AvgIpc) is 3.20. The van der Waals surface area contributed by atoms with Crippen molar-refractivity contribution in [1.82, 2.24) is 4.31 Å². The van der Waals surface area contributed by atoms with Crippen LogP contribution in [-0.2, 0) is 24.3 Å². The Hall–Kier alpha value is -1.81. The molecule has 8 nitrogen and oxygen atoms in total. The molecule has 0 unspecified atom stereocenters. The molecule has 2 atom stereocenters. The maximum Gasteiger partial charge on any atom is 0.299 e. The fraction of sp³-hybridized carbons (Fsp3) is 0.600. The number of Topliss-reactive ketones (excluding diaryl/α,β-unsaturated/α-hetero) is 1. The van der Waals surface area contributed by atoms with Crippen LogP contribution < -0.4 is 4.90 Å². The molecule has 0 bridgehead atoms. The van der Waals surface area contributed by atoms with Gasteiger partial charge in [0.05, 0.1) is 29.4 Å². The fourth-order valence-electron chi connectivity index (χ4n) is 4.13. The lowest BCUT2D eigenvalue weighted by Crippen LogP contribution is -2.44. The third-order valence-electron chi connectivity index (χ3n) is 5.52. The maximum absolute atomic E-state index is 13.5. The van der Waals surface area contributed by atoms with Gasteiger partial charge in [-0.1, -0.05) is 13.3 Å². The number of rotatable bonds is 9. The van der Waals surface area contributed by atoms with Crippen LogP contribution in [0.15, 0.2) is 23.1 Å². The van der Waals surface area contributed by atoms with Gasteiger partial charge in [0.2, 0.25) is 10.0 Å². The smallest absolute Gasteiger partial charge is 0.299 e. The molecule has 1 amide bonds. The number of carbonyl (C=O) groups excluding carboxylic acids is 2. The topological polar surface area (TPSA) is 93.2 Å². The Morgan fingerprint density at radius 2 is 1.69 bits per heavy atom. The van der Waals surface area contributed by atoms with E-state index in [0.717, 1.165) is 12.8 Å². The Morgan fingerprint density at radius 1 is 1.07 bits per heavy atom. The summed E-state index contributed by atoms with van der Waals surface area (Å²) in [5, 5.41) is 0. The van der Waals surface area contributed by atoms with Crippen molar-refractivity contribution < 1.29 is 27.5 Å². The van der Waals surface area contributed by atoms with Gasteiger partial charge in [-0.3, -0.25) is 9.59 Å². The molecule has 0 N–H and O–H groups in total. The van der Waals surface area contributed by atoms with E-state index in [-0.39, 0.29) is 35.8 Å². The van der Waals surface area contributed by atoms with E-state index in [2.05, 4.69) is 0 Å². The summed E-state index contributed by atoms with van der Waals surface area (Å²) in [6.45, 7) is 3.01. The number of unbranched alkanes of at least 4 members (excludes halogenated alkanes) is 1. The van der Waals surface area contributed by atoms with Crippen LogP contribution in [0.1, 0.15) is 43.0 Å². The van der Waals surface area contributed by atoms with E-state index in [9.17, 15) is 18.0 Å². The first-order chi connectivity index (χ1) is 13.9. The number of amides is 1. The molecule has 0 radical (unpaired) electrons. The van der Waals surface area contributed by atoms with Gasteiger partial charge >= 0.3 is 0 Å². The summed E-state index contributed by atoms with van der Waals surface area (Å²) in [6.07, 6.45) is 3.00. The highest BCUT2D eigenvalue weighted by atomic mass is 32.2. The highest BCUT2D eigenvalue weighted by Crippen LogP contribution is 2.35. The second kappa shape index (κ2) is 8.91. The average molecular weight is 425 g/mol. The Balaban J connectivity index is 1.98. The first kappa shape index (κ1) is 21.9. The van der Waals surface area contributed by atoms with Crippen molar-refractivity contribution in [2.75, 3.05) is 38.9 Å². The summed E-state index contributed by atoms with van der Waals surface area (Å²) in [4.78, 5) is 26.3. The summed E-state index contributed by atoms with van der Waals surface area (Å²) >= 11 is 0. The highest BCUT2D eigenvalue weighted by molar-refractivity contribution is 7.89. The summed E-state index contributed by atoms with van der Waals surface area (Å²) in [7, 11) is -0.806. The number of carbonyl (C=O) groups is 2. The third-order valence-corrected chi connectivity index (χ3v) is 7.53. The Labute approximate surface area is 171 Å². The number of nitrogens with zero attached hydrogens (tertiary/aromatic N) is 2. The van der Waals surface area contributed by atoms with E-state index in [1.165, 1.54) is 21.3 Å². The second-order valence-corrected chi connectivity index (χ2v) is 9.29. The van der Waals surface area contributed by atoms with Crippen LogP contribution in [0.5, 0.6) is 0 Å². The largest absolute Gasteiger partial charge is 0.383 e. The molecule has 1 fully saturated rings. The molecule has 2 heterocycles.